The Morgan fingerprint density at radius 2 is 1.12 bits per heavy atom. The van der Waals surface area contributed by atoms with Gasteiger partial charge in [0.1, 0.15) is 22.3 Å². The Morgan fingerprint density at radius 3 is 2.02 bits per heavy atom. The minimum absolute atomic E-state index is 0.0558. The molecule has 0 radical (unpaired) electrons. The minimum Gasteiger partial charge on any atom is -0.456 e. The van der Waals surface area contributed by atoms with Crippen LogP contribution in [0.1, 0.15) is 11.0 Å². The molecule has 9 rings (SSSR count). The number of para-hydroxylation sites is 2. The van der Waals surface area contributed by atoms with Gasteiger partial charge in [0.2, 0.25) is 0 Å². The molecular weight excluding hydrogens is 488 g/mol. The lowest BCUT2D eigenvalue weighted by Gasteiger charge is -2.15. The van der Waals surface area contributed by atoms with Crippen LogP contribution in [0.3, 0.4) is 0 Å². The van der Waals surface area contributed by atoms with E-state index in [1.54, 1.807) is 6.07 Å². The van der Waals surface area contributed by atoms with Gasteiger partial charge in [0.05, 0.1) is 11.0 Å². The van der Waals surface area contributed by atoms with E-state index in [1.807, 2.05) is 78.9 Å². The lowest BCUT2D eigenvalue weighted by atomic mass is 9.87. The molecule has 2 nitrogen and oxygen atoms in total. The third kappa shape index (κ3) is 2.99. The Bertz CT molecular complexity index is 2890. The van der Waals surface area contributed by atoms with E-state index in [0.717, 1.165) is 21.5 Å². The van der Waals surface area contributed by atoms with Crippen LogP contribution in [0.4, 0.5) is 0 Å². The lowest BCUT2D eigenvalue weighted by molar-refractivity contribution is 0.669. The fourth-order valence-electron chi connectivity index (χ4n) is 5.95. The van der Waals surface area contributed by atoms with Crippen molar-refractivity contribution in [3.8, 4) is 22.3 Å². The minimum atomic E-state index is -0.444. The van der Waals surface area contributed by atoms with Gasteiger partial charge in [-0.2, -0.15) is 0 Å². The summed E-state index contributed by atoms with van der Waals surface area (Å²) in [6, 6.07) is 23.7. The van der Waals surface area contributed by atoms with Crippen LogP contribution in [0, 0.1) is 0 Å². The highest BCUT2D eigenvalue weighted by molar-refractivity contribution is 6.27. The average molecular weight is 519 g/mol. The first-order valence-electron chi connectivity index (χ1n) is 16.9. The largest absolute Gasteiger partial charge is 0.456 e. The zero-order valence-electron chi connectivity index (χ0n) is 28.9. The molecule has 0 saturated carbocycles. The molecule has 0 N–H and O–H groups in total. The standard InChI is InChI=1S/C38H22O2/c1-2-10-24-21-25(18-17-23(24)9-1)36-29-13-4-3-12-28(29)35(37-30-14-6-8-16-33(30)40-38(36)37)26-19-20-34-31(22-26)27-11-5-7-15-32(27)39-34/h1-22H/i3D,4D,6D,8D,12D,13D,14D,16D. The van der Waals surface area contributed by atoms with Crippen molar-refractivity contribution in [3.05, 3.63) is 133 Å². The summed E-state index contributed by atoms with van der Waals surface area (Å²) >= 11 is 0. The van der Waals surface area contributed by atoms with Crippen molar-refractivity contribution in [2.45, 2.75) is 0 Å². The van der Waals surface area contributed by atoms with Crippen molar-refractivity contribution in [1.29, 1.82) is 0 Å². The summed E-state index contributed by atoms with van der Waals surface area (Å²) in [5.41, 5.74) is 3.43. The maximum Gasteiger partial charge on any atom is 0.144 e. The maximum atomic E-state index is 9.29. The molecule has 0 aliphatic rings. The summed E-state index contributed by atoms with van der Waals surface area (Å²) in [7, 11) is 0. The molecular formula is C38H22O2. The molecule has 9 aromatic rings. The highest BCUT2D eigenvalue weighted by Crippen LogP contribution is 2.48. The number of hydrogen-bond acceptors (Lipinski definition) is 2. The molecule has 0 aliphatic heterocycles. The molecule has 2 aromatic heterocycles. The number of benzene rings is 7. The van der Waals surface area contributed by atoms with Crippen LogP contribution in [0.15, 0.2) is 142 Å². The van der Waals surface area contributed by atoms with E-state index in [9.17, 15) is 2.74 Å². The van der Waals surface area contributed by atoms with Crippen LogP contribution in [-0.2, 0) is 0 Å². The molecule has 0 bridgehead atoms. The molecule has 186 valence electrons. The van der Waals surface area contributed by atoms with Crippen LogP contribution in [0.2, 0.25) is 0 Å². The molecule has 2 heteroatoms. The van der Waals surface area contributed by atoms with Crippen molar-refractivity contribution < 1.29 is 19.8 Å². The van der Waals surface area contributed by atoms with Crippen molar-refractivity contribution in [2.75, 3.05) is 0 Å². The first-order chi connectivity index (χ1) is 23.2. The van der Waals surface area contributed by atoms with Crippen molar-refractivity contribution >= 4 is 65.4 Å². The quantitative estimate of drug-likeness (QED) is 0.227. The van der Waals surface area contributed by atoms with E-state index >= 15 is 0 Å². The van der Waals surface area contributed by atoms with Gasteiger partial charge in [0, 0.05) is 32.7 Å². The van der Waals surface area contributed by atoms with Crippen molar-refractivity contribution in [3.63, 3.8) is 0 Å². The fraction of sp³-hybridized carbons (Fsp3) is 0. The van der Waals surface area contributed by atoms with Crippen LogP contribution in [-0.4, -0.2) is 0 Å². The molecule has 2 heterocycles. The topological polar surface area (TPSA) is 26.3 Å². The van der Waals surface area contributed by atoms with E-state index in [4.69, 9.17) is 17.1 Å². The Labute approximate surface area is 240 Å². The maximum absolute atomic E-state index is 9.29. The van der Waals surface area contributed by atoms with Gasteiger partial charge < -0.3 is 8.83 Å². The van der Waals surface area contributed by atoms with Crippen LogP contribution in [0.5, 0.6) is 0 Å². The number of fused-ring (bicyclic) bond motifs is 8. The monoisotopic (exact) mass is 518 g/mol. The van der Waals surface area contributed by atoms with Gasteiger partial charge in [-0.1, -0.05) is 103 Å². The van der Waals surface area contributed by atoms with Crippen molar-refractivity contribution in [2.24, 2.45) is 0 Å². The van der Waals surface area contributed by atoms with Gasteiger partial charge in [0.25, 0.3) is 0 Å². The van der Waals surface area contributed by atoms with Gasteiger partial charge in [-0.05, 0) is 63.0 Å². The first-order valence-corrected chi connectivity index (χ1v) is 12.9. The smallest absolute Gasteiger partial charge is 0.144 e. The van der Waals surface area contributed by atoms with E-state index in [2.05, 4.69) is 0 Å². The Kier molecular flexibility index (Phi) is 3.09. The average Bonchev–Trinajstić information content (AvgIpc) is 3.69. The van der Waals surface area contributed by atoms with E-state index < -0.39 is 24.2 Å². The molecule has 0 spiro atoms. The summed E-state index contributed by atoms with van der Waals surface area (Å²) in [6.07, 6.45) is 0. The van der Waals surface area contributed by atoms with Gasteiger partial charge in [-0.3, -0.25) is 0 Å². The van der Waals surface area contributed by atoms with Crippen LogP contribution >= 0.6 is 0 Å². The zero-order valence-corrected chi connectivity index (χ0v) is 20.9. The predicted molar refractivity (Wildman–Crippen MR) is 167 cm³/mol. The summed E-state index contributed by atoms with van der Waals surface area (Å²) in [5.74, 6) is 0. The third-order valence-corrected chi connectivity index (χ3v) is 7.70. The van der Waals surface area contributed by atoms with Crippen molar-refractivity contribution in [1.82, 2.24) is 0 Å². The number of hydrogen-bond donors (Lipinski definition) is 0. The van der Waals surface area contributed by atoms with Gasteiger partial charge in [-0.25, -0.2) is 0 Å². The molecule has 0 atom stereocenters. The second-order valence-corrected chi connectivity index (χ2v) is 9.88. The van der Waals surface area contributed by atoms with E-state index in [1.165, 1.54) is 0 Å². The molecule has 0 unspecified atom stereocenters. The van der Waals surface area contributed by atoms with Gasteiger partial charge in [0.15, 0.2) is 0 Å². The Morgan fingerprint density at radius 1 is 0.450 bits per heavy atom. The fourth-order valence-corrected chi connectivity index (χ4v) is 5.95. The highest BCUT2D eigenvalue weighted by atomic mass is 16.3. The summed E-state index contributed by atoms with van der Waals surface area (Å²) < 4.78 is 83.4. The number of furan rings is 2. The van der Waals surface area contributed by atoms with Gasteiger partial charge in [-0.15, -0.1) is 0 Å². The highest BCUT2D eigenvalue weighted by Gasteiger charge is 2.22. The normalized spacial score (nSPS) is 14.8. The molecule has 0 aliphatic carbocycles. The zero-order chi connectivity index (χ0) is 33.2. The summed E-state index contributed by atoms with van der Waals surface area (Å²) in [6.45, 7) is 0. The molecule has 0 fully saturated rings. The van der Waals surface area contributed by atoms with Crippen LogP contribution < -0.4 is 0 Å². The predicted octanol–water partition coefficient (Wildman–Crippen LogP) is 11.1. The molecule has 0 saturated heterocycles. The Balaban J connectivity index is 1.58. The summed E-state index contributed by atoms with van der Waals surface area (Å²) in [5, 5.41) is 4.46. The molecule has 7 aromatic carbocycles. The second-order valence-electron chi connectivity index (χ2n) is 9.88. The van der Waals surface area contributed by atoms with E-state index in [0.29, 0.717) is 38.8 Å². The third-order valence-electron chi connectivity index (χ3n) is 7.70. The van der Waals surface area contributed by atoms with Crippen LogP contribution in [0.25, 0.3) is 87.7 Å². The molecule has 0 amide bonds. The number of rotatable bonds is 2. The lowest BCUT2D eigenvalue weighted by Crippen LogP contribution is -1.89. The first kappa shape index (κ1) is 15.3. The summed E-state index contributed by atoms with van der Waals surface area (Å²) in [4.78, 5) is 0. The molecule has 40 heavy (non-hydrogen) atoms. The Hall–Kier alpha value is -5.34. The van der Waals surface area contributed by atoms with Gasteiger partial charge >= 0.3 is 0 Å². The second kappa shape index (κ2) is 8.08. The van der Waals surface area contributed by atoms with E-state index in [-0.39, 0.29) is 51.5 Å². The SMILES string of the molecule is [2H]c1c([2H])c([2H])c2c(oc3c(-c4ccc5ccccc5c4)c4c([2H])c([2H])c([2H])c([2H])c4c(-c4ccc5oc6ccccc6c5c4)c32)c1[2H].